The Labute approximate surface area is 383 Å². The summed E-state index contributed by atoms with van der Waals surface area (Å²) in [6.07, 6.45) is 4.70. The number of nitrogens with zero attached hydrogens (tertiary/aromatic N) is 2. The molecule has 64 heavy (non-hydrogen) atoms. The Balaban J connectivity index is 1.28. The van der Waals surface area contributed by atoms with Gasteiger partial charge in [0.1, 0.15) is 5.58 Å². The number of hydrogen-bond donors (Lipinski definition) is 0. The first-order chi connectivity index (χ1) is 30.1. The Hall–Kier alpha value is -5.48. The van der Waals surface area contributed by atoms with Crippen LogP contribution in [0.5, 0.6) is 0 Å². The summed E-state index contributed by atoms with van der Waals surface area (Å²) < 4.78 is 7.32. The van der Waals surface area contributed by atoms with E-state index in [-0.39, 0.29) is 33.8 Å². The minimum absolute atomic E-state index is 0.0239. The van der Waals surface area contributed by atoms with Gasteiger partial charge in [0.2, 0.25) is 5.88 Å². The molecule has 1 aromatic heterocycles. The van der Waals surface area contributed by atoms with E-state index in [1.165, 1.54) is 114 Å². The Morgan fingerprint density at radius 1 is 0.516 bits per heavy atom. The molecular weight excluding hydrogens is 775 g/mol. The van der Waals surface area contributed by atoms with E-state index in [2.05, 4.69) is 209 Å². The highest BCUT2D eigenvalue weighted by molar-refractivity contribution is 7.01. The lowest BCUT2D eigenvalue weighted by Gasteiger charge is -2.47. The minimum Gasteiger partial charge on any atom is -0.440 e. The highest BCUT2D eigenvalue weighted by atomic mass is 16.4. The molecule has 0 fully saturated rings. The van der Waals surface area contributed by atoms with E-state index in [1.54, 1.807) is 0 Å². The summed E-state index contributed by atoms with van der Waals surface area (Å²) in [5, 5.41) is 1.20. The quantitative estimate of drug-likeness (QED) is 0.165. The molecule has 324 valence electrons. The number of furan rings is 1. The molecule has 0 amide bonds. The van der Waals surface area contributed by atoms with E-state index < -0.39 is 0 Å². The van der Waals surface area contributed by atoms with Crippen molar-refractivity contribution in [3.8, 4) is 11.1 Å². The molecule has 7 aromatic rings. The van der Waals surface area contributed by atoms with Gasteiger partial charge in [-0.05, 0) is 171 Å². The molecule has 11 rings (SSSR count). The first-order valence-corrected chi connectivity index (χ1v) is 24.0. The van der Waals surface area contributed by atoms with Gasteiger partial charge in [0, 0.05) is 39.2 Å². The van der Waals surface area contributed by atoms with Gasteiger partial charge < -0.3 is 9.32 Å². The number of anilines is 6. The average molecular weight is 841 g/mol. The highest BCUT2D eigenvalue weighted by Gasteiger charge is 2.49. The number of aryl methyl sites for hydroxylation is 2. The van der Waals surface area contributed by atoms with E-state index in [0.29, 0.717) is 0 Å². The average Bonchev–Trinajstić information content (AvgIpc) is 3.61. The normalized spacial score (nSPS) is 18.5. The first kappa shape index (κ1) is 41.2. The summed E-state index contributed by atoms with van der Waals surface area (Å²) in [6, 6.07) is 42.6. The van der Waals surface area contributed by atoms with Crippen LogP contribution in [0, 0.1) is 13.8 Å². The molecule has 4 aliphatic rings. The molecule has 2 aliphatic carbocycles. The molecular formula is C60H65BN2O. The molecule has 0 saturated carbocycles. The summed E-state index contributed by atoms with van der Waals surface area (Å²) in [5.41, 5.74) is 23.4. The van der Waals surface area contributed by atoms with E-state index in [4.69, 9.17) is 4.42 Å². The van der Waals surface area contributed by atoms with Gasteiger partial charge in [-0.1, -0.05) is 136 Å². The SMILES string of the molecule is Cc1cc2c3c(c1)N(c1ccc(C(C)(C)C)cc1-c1ccccc1)c1oc4ccc(C)cc4c1B3c1cc3c(cc1N2c1ccc2c(c1)C(C)(C)CCC2(C)C)C(C)(C)CCC3(C)C. The Bertz CT molecular complexity index is 3080. The molecule has 3 nitrogen and oxygen atoms in total. The van der Waals surface area contributed by atoms with E-state index in [0.717, 1.165) is 23.6 Å². The zero-order chi connectivity index (χ0) is 45.0. The third-order valence-corrected chi connectivity index (χ3v) is 16.2. The number of rotatable bonds is 3. The van der Waals surface area contributed by atoms with Crippen molar-refractivity contribution < 1.29 is 4.42 Å². The fraction of sp³-hybridized carbons (Fsp3) is 0.367. The van der Waals surface area contributed by atoms with Crippen molar-refractivity contribution in [3.63, 3.8) is 0 Å². The largest absolute Gasteiger partial charge is 0.440 e. The zero-order valence-electron chi connectivity index (χ0n) is 40.6. The van der Waals surface area contributed by atoms with Gasteiger partial charge in [-0.15, -0.1) is 0 Å². The maximum atomic E-state index is 7.32. The number of fused-ring (bicyclic) bond motifs is 8. The topological polar surface area (TPSA) is 19.6 Å². The second kappa shape index (κ2) is 13.5. The lowest BCUT2D eigenvalue weighted by Crippen LogP contribution is -2.61. The van der Waals surface area contributed by atoms with Crippen LogP contribution in [0.2, 0.25) is 0 Å². The van der Waals surface area contributed by atoms with Crippen LogP contribution in [0.3, 0.4) is 0 Å². The van der Waals surface area contributed by atoms with Crippen LogP contribution in [-0.4, -0.2) is 6.71 Å². The van der Waals surface area contributed by atoms with Crippen molar-refractivity contribution in [2.75, 3.05) is 9.80 Å². The van der Waals surface area contributed by atoms with Gasteiger partial charge in [-0.25, -0.2) is 0 Å². The minimum atomic E-state index is -0.0423. The number of hydrogen-bond acceptors (Lipinski definition) is 3. The van der Waals surface area contributed by atoms with Crippen molar-refractivity contribution in [1.29, 1.82) is 0 Å². The second-order valence-corrected chi connectivity index (χ2v) is 23.7. The fourth-order valence-corrected chi connectivity index (χ4v) is 12.1. The third-order valence-electron chi connectivity index (χ3n) is 16.2. The lowest BCUT2D eigenvalue weighted by atomic mass is 9.33. The monoisotopic (exact) mass is 841 g/mol. The summed E-state index contributed by atoms with van der Waals surface area (Å²) in [6.45, 7) is 31.1. The molecule has 0 bridgehead atoms. The lowest BCUT2D eigenvalue weighted by molar-refractivity contribution is 0.332. The maximum Gasteiger partial charge on any atom is 0.257 e. The standard InChI is InChI=1S/C60H65BN2O/c1-36-19-24-52-42(29-36)53-55(64-52)63(48-23-20-39(56(3,4)5)32-41(48)38-17-15-14-16-18-38)51-31-37(2)30-50-54(51)61(53)47-34-45-46(60(12,13)28-27-59(45,10)11)35-49(47)62(50)40-21-22-43-44(33-40)58(8,9)26-25-57(43,6)7/h14-24,29-35H,25-28H2,1-13H3. The van der Waals surface area contributed by atoms with Crippen LogP contribution in [0.25, 0.3) is 22.1 Å². The van der Waals surface area contributed by atoms with Crippen molar-refractivity contribution in [1.82, 2.24) is 0 Å². The summed E-state index contributed by atoms with van der Waals surface area (Å²) in [5.74, 6) is 0.921. The van der Waals surface area contributed by atoms with Gasteiger partial charge >= 0.3 is 0 Å². The van der Waals surface area contributed by atoms with Gasteiger partial charge in [-0.2, -0.15) is 0 Å². The molecule has 0 atom stereocenters. The molecule has 0 radical (unpaired) electrons. The van der Waals surface area contributed by atoms with Crippen molar-refractivity contribution in [3.05, 3.63) is 148 Å². The van der Waals surface area contributed by atoms with Crippen LogP contribution < -0.4 is 26.2 Å². The van der Waals surface area contributed by atoms with E-state index in [9.17, 15) is 0 Å². The predicted molar refractivity (Wildman–Crippen MR) is 274 cm³/mol. The van der Waals surface area contributed by atoms with Gasteiger partial charge in [0.25, 0.3) is 6.71 Å². The smallest absolute Gasteiger partial charge is 0.257 e. The molecule has 0 unspecified atom stereocenters. The second-order valence-electron chi connectivity index (χ2n) is 23.7. The molecule has 3 heterocycles. The molecule has 0 saturated heterocycles. The van der Waals surface area contributed by atoms with Gasteiger partial charge in [0.05, 0.1) is 5.69 Å². The number of benzene rings is 6. The summed E-state index contributed by atoms with van der Waals surface area (Å²) in [7, 11) is 0. The third kappa shape index (κ3) is 6.06. The fourth-order valence-electron chi connectivity index (χ4n) is 12.1. The predicted octanol–water partition coefficient (Wildman–Crippen LogP) is 14.8. The summed E-state index contributed by atoms with van der Waals surface area (Å²) >= 11 is 0. The molecule has 2 aliphatic heterocycles. The van der Waals surface area contributed by atoms with Gasteiger partial charge in [0.15, 0.2) is 0 Å². The van der Waals surface area contributed by atoms with Crippen LogP contribution >= 0.6 is 0 Å². The van der Waals surface area contributed by atoms with Crippen LogP contribution in [0.4, 0.5) is 34.3 Å². The molecule has 6 aromatic carbocycles. The van der Waals surface area contributed by atoms with Crippen molar-refractivity contribution >= 4 is 68.4 Å². The molecule has 0 spiro atoms. The van der Waals surface area contributed by atoms with Gasteiger partial charge in [-0.3, -0.25) is 4.90 Å². The Kier molecular flexibility index (Phi) is 8.72. The Morgan fingerprint density at radius 3 is 1.78 bits per heavy atom. The maximum absolute atomic E-state index is 7.32. The van der Waals surface area contributed by atoms with Crippen LogP contribution in [0.1, 0.15) is 141 Å². The first-order valence-electron chi connectivity index (χ1n) is 24.0. The molecule has 0 N–H and O–H groups in total. The Morgan fingerprint density at radius 2 is 1.12 bits per heavy atom. The van der Waals surface area contributed by atoms with Crippen molar-refractivity contribution in [2.24, 2.45) is 0 Å². The highest BCUT2D eigenvalue weighted by Crippen LogP contribution is 2.54. The van der Waals surface area contributed by atoms with E-state index >= 15 is 0 Å². The van der Waals surface area contributed by atoms with Crippen molar-refractivity contribution in [2.45, 2.75) is 143 Å². The van der Waals surface area contributed by atoms with E-state index in [1.807, 2.05) is 0 Å². The zero-order valence-corrected chi connectivity index (χ0v) is 40.6. The van der Waals surface area contributed by atoms with Crippen LogP contribution in [0.15, 0.2) is 114 Å². The van der Waals surface area contributed by atoms with Crippen LogP contribution in [-0.2, 0) is 27.1 Å². The molecule has 4 heteroatoms. The summed E-state index contributed by atoms with van der Waals surface area (Å²) in [4.78, 5) is 5.17.